The summed E-state index contributed by atoms with van der Waals surface area (Å²) in [6.07, 6.45) is 5.35. The van der Waals surface area contributed by atoms with Gasteiger partial charge in [-0.3, -0.25) is 0 Å². The van der Waals surface area contributed by atoms with Crippen LogP contribution in [-0.4, -0.2) is 71.9 Å². The van der Waals surface area contributed by atoms with Gasteiger partial charge in [-0.25, -0.2) is 19.3 Å². The van der Waals surface area contributed by atoms with Crippen LogP contribution in [-0.2, 0) is 9.16 Å². The third-order valence-electron chi connectivity index (χ3n) is 8.39. The van der Waals surface area contributed by atoms with Gasteiger partial charge in [0, 0.05) is 51.3 Å². The van der Waals surface area contributed by atoms with Crippen LogP contribution in [0.1, 0.15) is 60.8 Å². The summed E-state index contributed by atoms with van der Waals surface area (Å²) in [6.45, 7) is 18.4. The summed E-state index contributed by atoms with van der Waals surface area (Å²) in [6, 6.07) is 7.57. The van der Waals surface area contributed by atoms with Crippen LogP contribution >= 0.6 is 0 Å². The SMILES string of the molecule is CN(CCCO[Si](C)(C)C(C)(C)C)c1nccc2oc(-c3cnc4ccc(O[C@H]5C[C@H](NC(=O)OC(C)(C)C)C5)nn34)cc12. The number of aromatic nitrogens is 4. The fourth-order valence-corrected chi connectivity index (χ4v) is 5.93. The number of hydrogen-bond donors (Lipinski definition) is 1. The van der Waals surface area contributed by atoms with Crippen LogP contribution in [0.4, 0.5) is 10.6 Å². The van der Waals surface area contributed by atoms with Crippen LogP contribution < -0.4 is 15.0 Å². The number of ether oxygens (including phenoxy) is 2. The van der Waals surface area contributed by atoms with Crippen molar-refractivity contribution >= 4 is 36.8 Å². The van der Waals surface area contributed by atoms with Crippen molar-refractivity contribution in [1.82, 2.24) is 24.9 Å². The summed E-state index contributed by atoms with van der Waals surface area (Å²) in [5.74, 6) is 1.98. The Balaban J connectivity index is 1.24. The third-order valence-corrected chi connectivity index (χ3v) is 12.9. The van der Waals surface area contributed by atoms with E-state index in [0.717, 1.165) is 42.1 Å². The van der Waals surface area contributed by atoms with Crippen molar-refractivity contribution in [1.29, 1.82) is 0 Å². The quantitative estimate of drug-likeness (QED) is 0.150. The Morgan fingerprint density at radius 1 is 1.14 bits per heavy atom. The number of fused-ring (bicyclic) bond motifs is 2. The molecule has 0 saturated heterocycles. The zero-order valence-electron chi connectivity index (χ0n) is 27.4. The zero-order valence-corrected chi connectivity index (χ0v) is 28.4. The molecular formula is C32H46N6O5Si. The molecule has 1 aliphatic rings. The zero-order chi connectivity index (χ0) is 31.9. The number of imidazole rings is 1. The number of carbonyl (C=O) groups is 1. The van der Waals surface area contributed by atoms with Gasteiger partial charge in [0.05, 0.1) is 11.6 Å². The molecule has 12 heteroatoms. The van der Waals surface area contributed by atoms with Crippen molar-refractivity contribution in [2.75, 3.05) is 25.1 Å². The van der Waals surface area contributed by atoms with Crippen molar-refractivity contribution in [2.24, 2.45) is 0 Å². The molecule has 0 atom stereocenters. The highest BCUT2D eigenvalue weighted by molar-refractivity contribution is 6.74. The van der Waals surface area contributed by atoms with E-state index >= 15 is 0 Å². The molecular weight excluding hydrogens is 576 g/mol. The maximum absolute atomic E-state index is 12.0. The minimum absolute atomic E-state index is 0.0172. The summed E-state index contributed by atoms with van der Waals surface area (Å²) in [5.41, 5.74) is 1.62. The van der Waals surface area contributed by atoms with Crippen molar-refractivity contribution in [3.8, 4) is 17.3 Å². The van der Waals surface area contributed by atoms with Crippen LogP contribution in [0, 0.1) is 0 Å². The number of amides is 1. The summed E-state index contributed by atoms with van der Waals surface area (Å²) >= 11 is 0. The van der Waals surface area contributed by atoms with Crippen LogP contribution in [0.15, 0.2) is 41.1 Å². The van der Waals surface area contributed by atoms with Gasteiger partial charge < -0.3 is 28.5 Å². The minimum Gasteiger partial charge on any atom is -0.473 e. The third kappa shape index (κ3) is 7.18. The van der Waals surface area contributed by atoms with E-state index in [4.69, 9.17) is 23.4 Å². The normalized spacial score (nSPS) is 17.5. The number of hydrogen-bond acceptors (Lipinski definition) is 9. The fourth-order valence-electron chi connectivity index (χ4n) is 4.84. The largest absolute Gasteiger partial charge is 0.473 e. The lowest BCUT2D eigenvalue weighted by Crippen LogP contribution is -2.50. The summed E-state index contributed by atoms with van der Waals surface area (Å²) in [7, 11) is 0.279. The van der Waals surface area contributed by atoms with Crippen LogP contribution in [0.2, 0.25) is 18.1 Å². The fraction of sp³-hybridized carbons (Fsp3) is 0.562. The molecule has 0 bridgehead atoms. The van der Waals surface area contributed by atoms with Crippen molar-refractivity contribution in [2.45, 2.75) is 96.7 Å². The highest BCUT2D eigenvalue weighted by atomic mass is 28.4. The molecule has 1 saturated carbocycles. The Bertz CT molecular complexity index is 1610. The second-order valence-corrected chi connectivity index (χ2v) is 19.0. The smallest absolute Gasteiger partial charge is 0.407 e. The Hall–Kier alpha value is -3.64. The number of rotatable bonds is 10. The van der Waals surface area contributed by atoms with Gasteiger partial charge in [-0.15, -0.1) is 5.10 Å². The average molecular weight is 623 g/mol. The molecule has 238 valence electrons. The van der Waals surface area contributed by atoms with E-state index in [1.807, 2.05) is 52.1 Å². The molecule has 0 radical (unpaired) electrons. The van der Waals surface area contributed by atoms with E-state index in [-0.39, 0.29) is 17.2 Å². The molecule has 1 N–H and O–H groups in total. The van der Waals surface area contributed by atoms with Gasteiger partial charge in [0.1, 0.15) is 28.8 Å². The Morgan fingerprint density at radius 2 is 1.89 bits per heavy atom. The molecule has 0 aromatic carbocycles. The lowest BCUT2D eigenvalue weighted by molar-refractivity contribution is 0.0352. The lowest BCUT2D eigenvalue weighted by atomic mass is 9.89. The van der Waals surface area contributed by atoms with Crippen molar-refractivity contribution < 1.29 is 23.1 Å². The van der Waals surface area contributed by atoms with Gasteiger partial charge in [-0.05, 0) is 63.5 Å². The first-order valence-electron chi connectivity index (χ1n) is 15.3. The molecule has 1 amide bonds. The van der Waals surface area contributed by atoms with Crippen molar-refractivity contribution in [3.63, 3.8) is 0 Å². The number of alkyl carbamates (subject to hydrolysis) is 1. The number of pyridine rings is 1. The summed E-state index contributed by atoms with van der Waals surface area (Å²) in [4.78, 5) is 23.4. The predicted molar refractivity (Wildman–Crippen MR) is 174 cm³/mol. The Kier molecular flexibility index (Phi) is 8.69. The molecule has 11 nitrogen and oxygen atoms in total. The lowest BCUT2D eigenvalue weighted by Gasteiger charge is -2.36. The highest BCUT2D eigenvalue weighted by Gasteiger charge is 2.37. The molecule has 0 unspecified atom stereocenters. The predicted octanol–water partition coefficient (Wildman–Crippen LogP) is 6.82. The van der Waals surface area contributed by atoms with E-state index in [0.29, 0.717) is 30.1 Å². The highest BCUT2D eigenvalue weighted by Crippen LogP contribution is 2.37. The second-order valence-electron chi connectivity index (χ2n) is 14.2. The minimum atomic E-state index is -1.77. The van der Waals surface area contributed by atoms with E-state index in [1.54, 1.807) is 16.9 Å². The van der Waals surface area contributed by atoms with E-state index in [1.165, 1.54) is 0 Å². The number of anilines is 1. The second kappa shape index (κ2) is 12.0. The summed E-state index contributed by atoms with van der Waals surface area (Å²) in [5, 5.41) is 8.72. The topological polar surface area (TPSA) is 116 Å². The maximum atomic E-state index is 12.0. The van der Waals surface area contributed by atoms with Crippen LogP contribution in [0.25, 0.3) is 28.1 Å². The standard InChI is InChI=1S/C32H46N6O5Si/c1-31(2,3)43-30(39)35-21-17-22(18-21)41-28-12-11-27-34-20-24(38(27)36-28)26-19-23-25(42-26)13-14-33-29(23)37(7)15-10-16-40-44(8,9)32(4,5)6/h11-14,19-22H,10,15-18H2,1-9H3,(H,35,39)/t21-,22-. The maximum Gasteiger partial charge on any atom is 0.407 e. The first kappa shape index (κ1) is 31.8. The first-order chi connectivity index (χ1) is 20.6. The molecule has 1 fully saturated rings. The number of furan rings is 1. The number of nitrogens with one attached hydrogen (secondary N) is 1. The van der Waals surface area contributed by atoms with Gasteiger partial charge in [-0.1, -0.05) is 20.8 Å². The molecule has 44 heavy (non-hydrogen) atoms. The number of carbonyl (C=O) groups excluding carboxylic acids is 1. The Morgan fingerprint density at radius 3 is 2.59 bits per heavy atom. The summed E-state index contributed by atoms with van der Waals surface area (Å²) < 4.78 is 25.8. The number of nitrogens with zero attached hydrogens (tertiary/aromatic N) is 5. The molecule has 5 rings (SSSR count). The molecule has 0 aliphatic heterocycles. The van der Waals surface area contributed by atoms with Crippen LogP contribution in [0.3, 0.4) is 0 Å². The van der Waals surface area contributed by atoms with Gasteiger partial charge in [0.2, 0.25) is 5.88 Å². The average Bonchev–Trinajstić information content (AvgIpc) is 3.51. The molecule has 1 aliphatic carbocycles. The molecule has 4 heterocycles. The van der Waals surface area contributed by atoms with E-state index in [2.05, 4.69) is 54.0 Å². The molecule has 4 aromatic rings. The van der Waals surface area contributed by atoms with Gasteiger partial charge in [0.15, 0.2) is 19.7 Å². The van der Waals surface area contributed by atoms with Gasteiger partial charge >= 0.3 is 6.09 Å². The van der Waals surface area contributed by atoms with E-state index in [9.17, 15) is 4.79 Å². The molecule has 0 spiro atoms. The first-order valence-corrected chi connectivity index (χ1v) is 18.3. The van der Waals surface area contributed by atoms with Crippen LogP contribution in [0.5, 0.6) is 5.88 Å². The van der Waals surface area contributed by atoms with E-state index < -0.39 is 20.0 Å². The Labute approximate surface area is 260 Å². The molecule has 4 aromatic heterocycles. The van der Waals surface area contributed by atoms with Crippen molar-refractivity contribution in [3.05, 3.63) is 36.7 Å². The van der Waals surface area contributed by atoms with Gasteiger partial charge in [-0.2, -0.15) is 0 Å². The van der Waals surface area contributed by atoms with Gasteiger partial charge in [0.25, 0.3) is 0 Å². The monoisotopic (exact) mass is 622 g/mol.